The Hall–Kier alpha value is -3.37. The van der Waals surface area contributed by atoms with E-state index in [1.165, 1.54) is 16.7 Å². The van der Waals surface area contributed by atoms with Crippen LogP contribution < -0.4 is 10.2 Å². The number of nitrogens with one attached hydrogen (secondary N) is 2. The van der Waals surface area contributed by atoms with Crippen LogP contribution in [0.3, 0.4) is 0 Å². The molecule has 1 aromatic carbocycles. The molecule has 2 N–H and O–H groups in total. The number of benzene rings is 1. The van der Waals surface area contributed by atoms with Gasteiger partial charge in [0.15, 0.2) is 5.82 Å². The molecule has 0 unspecified atom stereocenters. The van der Waals surface area contributed by atoms with Gasteiger partial charge >= 0.3 is 0 Å². The lowest BCUT2D eigenvalue weighted by Crippen LogP contribution is -2.31. The number of hydrogen-bond donors (Lipinski definition) is 2. The summed E-state index contributed by atoms with van der Waals surface area (Å²) in [5.74, 6) is 1.02. The van der Waals surface area contributed by atoms with Crippen LogP contribution in [-0.4, -0.2) is 39.8 Å². The molecule has 0 saturated heterocycles. The number of aromatic nitrogens is 3. The van der Waals surface area contributed by atoms with Crippen LogP contribution in [0.4, 0.5) is 5.69 Å². The van der Waals surface area contributed by atoms with Crippen LogP contribution in [0.5, 0.6) is 0 Å². The molecule has 3 heterocycles. The molecule has 8 nitrogen and oxygen atoms in total. The lowest BCUT2D eigenvalue weighted by atomic mass is 10.1. The fourth-order valence-corrected chi connectivity index (χ4v) is 4.20. The molecule has 0 aliphatic rings. The number of para-hydroxylation sites is 1. The summed E-state index contributed by atoms with van der Waals surface area (Å²) in [7, 11) is 1.65. The first-order valence-electron chi connectivity index (χ1n) is 9.37. The second-order valence-electron chi connectivity index (χ2n) is 6.46. The summed E-state index contributed by atoms with van der Waals surface area (Å²) in [6.45, 7) is 0.269. The predicted molar refractivity (Wildman–Crippen MR) is 120 cm³/mol. The van der Waals surface area contributed by atoms with Crippen LogP contribution in [0.25, 0.3) is 10.7 Å². The molecule has 10 heteroatoms. The number of carbonyl (C=O) groups is 2. The Kier molecular flexibility index (Phi) is 6.48. The number of thioether (sulfide) groups is 1. The Bertz CT molecular complexity index is 1160. The monoisotopic (exact) mass is 453 g/mol. The number of H-pyrrole nitrogens is 1. The molecule has 0 spiro atoms. The molecule has 3 aromatic heterocycles. The van der Waals surface area contributed by atoms with Crippen molar-refractivity contribution < 1.29 is 14.0 Å². The van der Waals surface area contributed by atoms with Crippen molar-refractivity contribution in [2.24, 2.45) is 0 Å². The first kappa shape index (κ1) is 20.9. The maximum absolute atomic E-state index is 12.8. The molecular formula is C21H19N5O3S2. The van der Waals surface area contributed by atoms with Crippen LogP contribution >= 0.6 is 23.1 Å². The van der Waals surface area contributed by atoms with Crippen LogP contribution in [-0.2, 0) is 11.3 Å². The highest BCUT2D eigenvalue weighted by Gasteiger charge is 2.19. The minimum absolute atomic E-state index is 0.139. The van der Waals surface area contributed by atoms with E-state index in [2.05, 4.69) is 20.5 Å². The molecule has 0 aliphatic heterocycles. The van der Waals surface area contributed by atoms with Crippen molar-refractivity contribution in [1.29, 1.82) is 0 Å². The Morgan fingerprint density at radius 1 is 1.19 bits per heavy atom. The van der Waals surface area contributed by atoms with Crippen molar-refractivity contribution in [2.45, 2.75) is 11.7 Å². The van der Waals surface area contributed by atoms with E-state index in [0.29, 0.717) is 28.0 Å². The van der Waals surface area contributed by atoms with Crippen LogP contribution in [0.1, 0.15) is 16.1 Å². The van der Waals surface area contributed by atoms with Crippen molar-refractivity contribution in [3.05, 3.63) is 71.5 Å². The Balaban J connectivity index is 1.39. The number of anilines is 1. The Morgan fingerprint density at radius 3 is 2.84 bits per heavy atom. The molecule has 0 radical (unpaired) electrons. The molecule has 0 fully saturated rings. The van der Waals surface area contributed by atoms with Gasteiger partial charge in [-0.05, 0) is 35.7 Å². The molecule has 0 bridgehead atoms. The third-order valence-electron chi connectivity index (χ3n) is 4.43. The van der Waals surface area contributed by atoms with Gasteiger partial charge in [0.2, 0.25) is 11.1 Å². The lowest BCUT2D eigenvalue weighted by Gasteiger charge is -2.20. The highest BCUT2D eigenvalue weighted by Crippen LogP contribution is 2.24. The SMILES string of the molecule is CN(C(=O)CSc1n[nH]c(-c2cccs2)n1)c1ccccc1C(=O)NCc1ccco1. The van der Waals surface area contributed by atoms with Gasteiger partial charge in [-0.2, -0.15) is 0 Å². The second kappa shape index (κ2) is 9.63. The first-order valence-corrected chi connectivity index (χ1v) is 11.2. The van der Waals surface area contributed by atoms with Gasteiger partial charge in [-0.15, -0.1) is 16.4 Å². The smallest absolute Gasteiger partial charge is 0.253 e. The summed E-state index contributed by atoms with van der Waals surface area (Å²) in [4.78, 5) is 32.3. The van der Waals surface area contributed by atoms with E-state index in [1.54, 1.807) is 61.0 Å². The molecule has 0 saturated carbocycles. The van der Waals surface area contributed by atoms with E-state index in [9.17, 15) is 9.59 Å². The molecule has 31 heavy (non-hydrogen) atoms. The van der Waals surface area contributed by atoms with Gasteiger partial charge in [-0.1, -0.05) is 30.0 Å². The van der Waals surface area contributed by atoms with Crippen molar-refractivity contribution >= 4 is 40.6 Å². The molecular weight excluding hydrogens is 434 g/mol. The highest BCUT2D eigenvalue weighted by atomic mass is 32.2. The summed E-state index contributed by atoms with van der Waals surface area (Å²) < 4.78 is 5.24. The molecule has 0 atom stereocenters. The molecule has 158 valence electrons. The van der Waals surface area contributed by atoms with Crippen molar-refractivity contribution in [3.8, 4) is 10.7 Å². The maximum atomic E-state index is 12.8. The zero-order valence-corrected chi connectivity index (χ0v) is 18.2. The number of amides is 2. The number of rotatable bonds is 8. The summed E-state index contributed by atoms with van der Waals surface area (Å²) in [5.41, 5.74) is 0.937. The average molecular weight is 454 g/mol. The normalized spacial score (nSPS) is 10.7. The number of thiophene rings is 1. The van der Waals surface area contributed by atoms with Gasteiger partial charge in [-0.3, -0.25) is 14.7 Å². The van der Waals surface area contributed by atoms with Gasteiger partial charge in [-0.25, -0.2) is 4.98 Å². The summed E-state index contributed by atoms with van der Waals surface area (Å²) in [6, 6.07) is 14.4. The van der Waals surface area contributed by atoms with Crippen molar-refractivity contribution in [3.63, 3.8) is 0 Å². The molecule has 4 aromatic rings. The Morgan fingerprint density at radius 2 is 2.06 bits per heavy atom. The first-order chi connectivity index (χ1) is 15.1. The van der Waals surface area contributed by atoms with E-state index in [4.69, 9.17) is 4.42 Å². The summed E-state index contributed by atoms with van der Waals surface area (Å²) in [5, 5.41) is 12.3. The van der Waals surface area contributed by atoms with Crippen molar-refractivity contribution in [1.82, 2.24) is 20.5 Å². The number of nitrogens with zero attached hydrogens (tertiary/aromatic N) is 3. The molecule has 2 amide bonds. The van der Waals surface area contributed by atoms with E-state index >= 15 is 0 Å². The third-order valence-corrected chi connectivity index (χ3v) is 6.14. The third kappa shape index (κ3) is 5.04. The van der Waals surface area contributed by atoms with Gasteiger partial charge in [0.1, 0.15) is 5.76 Å². The number of aromatic amines is 1. The molecule has 0 aliphatic carbocycles. The van der Waals surface area contributed by atoms with Gasteiger partial charge in [0.25, 0.3) is 5.91 Å². The summed E-state index contributed by atoms with van der Waals surface area (Å²) in [6.07, 6.45) is 1.55. The quantitative estimate of drug-likeness (QED) is 0.393. The largest absolute Gasteiger partial charge is 0.467 e. The van der Waals surface area contributed by atoms with Crippen LogP contribution in [0, 0.1) is 0 Å². The number of hydrogen-bond acceptors (Lipinski definition) is 7. The minimum atomic E-state index is -0.283. The van der Waals surface area contributed by atoms with E-state index in [-0.39, 0.29) is 24.1 Å². The number of furan rings is 1. The van der Waals surface area contributed by atoms with Gasteiger partial charge < -0.3 is 14.6 Å². The molecule has 4 rings (SSSR count). The van der Waals surface area contributed by atoms with E-state index in [0.717, 1.165) is 4.88 Å². The van der Waals surface area contributed by atoms with Crippen LogP contribution in [0.15, 0.2) is 69.7 Å². The van der Waals surface area contributed by atoms with Crippen molar-refractivity contribution in [2.75, 3.05) is 17.7 Å². The summed E-state index contributed by atoms with van der Waals surface area (Å²) >= 11 is 2.80. The highest BCUT2D eigenvalue weighted by molar-refractivity contribution is 7.99. The average Bonchev–Trinajstić information content (AvgIpc) is 3.57. The van der Waals surface area contributed by atoms with Gasteiger partial charge in [0.05, 0.1) is 34.7 Å². The fraction of sp³-hybridized carbons (Fsp3) is 0.143. The maximum Gasteiger partial charge on any atom is 0.253 e. The fourth-order valence-electron chi connectivity index (χ4n) is 2.83. The Labute approximate surface area is 186 Å². The van der Waals surface area contributed by atoms with Gasteiger partial charge in [0, 0.05) is 7.05 Å². The second-order valence-corrected chi connectivity index (χ2v) is 8.35. The minimum Gasteiger partial charge on any atom is -0.467 e. The predicted octanol–water partition coefficient (Wildman–Crippen LogP) is 3.81. The number of carbonyl (C=O) groups excluding carboxylic acids is 2. The zero-order valence-electron chi connectivity index (χ0n) is 16.6. The standard InChI is InChI=1S/C21H19N5O3S2/c1-26(18(27)13-31-21-23-19(24-25-21)17-9-5-11-30-17)16-8-3-2-7-15(16)20(28)22-12-14-6-4-10-29-14/h2-11H,12-13H2,1H3,(H,22,28)(H,23,24,25). The topological polar surface area (TPSA) is 104 Å². The van der Waals surface area contributed by atoms with Crippen LogP contribution in [0.2, 0.25) is 0 Å². The van der Waals surface area contributed by atoms with E-state index in [1.807, 2.05) is 17.5 Å². The zero-order chi connectivity index (χ0) is 21.6. The van der Waals surface area contributed by atoms with E-state index < -0.39 is 0 Å². The lowest BCUT2D eigenvalue weighted by molar-refractivity contribution is -0.115.